The number of ether oxygens (including phenoxy) is 1. The minimum absolute atomic E-state index is 0. The third kappa shape index (κ3) is 4.63. The molecule has 1 saturated heterocycles. The van der Waals surface area contributed by atoms with Gasteiger partial charge in [0.2, 0.25) is 0 Å². The van der Waals surface area contributed by atoms with E-state index >= 15 is 0 Å². The van der Waals surface area contributed by atoms with E-state index in [9.17, 15) is 4.79 Å². The fourth-order valence-corrected chi connectivity index (χ4v) is 2.34. The monoisotopic (exact) mass is 318 g/mol. The van der Waals surface area contributed by atoms with Gasteiger partial charge >= 0.3 is 0 Å². The van der Waals surface area contributed by atoms with Crippen molar-refractivity contribution in [3.05, 3.63) is 34.9 Å². The highest BCUT2D eigenvalue weighted by Crippen LogP contribution is 2.14. The number of amides is 1. The van der Waals surface area contributed by atoms with Crippen molar-refractivity contribution < 1.29 is 9.53 Å². The first-order valence-electron chi connectivity index (χ1n) is 6.56. The topological polar surface area (TPSA) is 41.6 Å². The van der Waals surface area contributed by atoms with Crippen molar-refractivity contribution in [2.75, 3.05) is 26.2 Å². The number of hydrogen-bond donors (Lipinski definition) is 1. The van der Waals surface area contributed by atoms with E-state index in [0.29, 0.717) is 31.3 Å². The molecule has 1 unspecified atom stereocenters. The van der Waals surface area contributed by atoms with Crippen molar-refractivity contribution in [2.45, 2.75) is 19.6 Å². The van der Waals surface area contributed by atoms with Gasteiger partial charge in [0.1, 0.15) is 6.10 Å². The summed E-state index contributed by atoms with van der Waals surface area (Å²) in [6.07, 6.45) is -0.368. The summed E-state index contributed by atoms with van der Waals surface area (Å²) in [6.45, 7) is 5.18. The third-order valence-corrected chi connectivity index (χ3v) is 3.39. The van der Waals surface area contributed by atoms with E-state index in [4.69, 9.17) is 16.3 Å². The molecule has 1 heterocycles. The molecule has 0 aromatic heterocycles. The van der Waals surface area contributed by atoms with Crippen LogP contribution in [0.5, 0.6) is 0 Å². The second-order valence-electron chi connectivity index (χ2n) is 4.55. The minimum Gasteiger partial charge on any atom is -0.366 e. The number of morpholine rings is 1. The number of nitrogens with zero attached hydrogens (tertiary/aromatic N) is 1. The summed E-state index contributed by atoms with van der Waals surface area (Å²) in [5.41, 5.74) is 1.03. The second-order valence-corrected chi connectivity index (χ2v) is 4.98. The summed E-state index contributed by atoms with van der Waals surface area (Å²) in [5.74, 6) is 0.0367. The van der Waals surface area contributed by atoms with Crippen molar-refractivity contribution in [2.24, 2.45) is 0 Å². The van der Waals surface area contributed by atoms with Crippen molar-refractivity contribution in [1.82, 2.24) is 10.2 Å². The molecule has 0 spiro atoms. The van der Waals surface area contributed by atoms with Crippen LogP contribution in [0, 0.1) is 0 Å². The van der Waals surface area contributed by atoms with Crippen molar-refractivity contribution in [3.8, 4) is 0 Å². The number of nitrogens with one attached hydrogen (secondary N) is 1. The SMILES string of the molecule is CCN(Cc1cccc(Cl)c1)C(=O)C1CNCCO1.Cl. The smallest absolute Gasteiger partial charge is 0.253 e. The van der Waals surface area contributed by atoms with Crippen LogP contribution in [-0.4, -0.2) is 43.2 Å². The van der Waals surface area contributed by atoms with Gasteiger partial charge in [-0.25, -0.2) is 0 Å². The van der Waals surface area contributed by atoms with Gasteiger partial charge in [-0.1, -0.05) is 23.7 Å². The molecule has 0 saturated carbocycles. The molecule has 112 valence electrons. The quantitative estimate of drug-likeness (QED) is 0.924. The average molecular weight is 319 g/mol. The number of benzene rings is 1. The van der Waals surface area contributed by atoms with Crippen LogP contribution < -0.4 is 5.32 Å². The molecule has 1 N–H and O–H groups in total. The van der Waals surface area contributed by atoms with Crippen LogP contribution in [-0.2, 0) is 16.1 Å². The number of rotatable bonds is 4. The van der Waals surface area contributed by atoms with E-state index < -0.39 is 0 Å². The predicted octanol–water partition coefficient (Wildman–Crippen LogP) is 2.10. The lowest BCUT2D eigenvalue weighted by Gasteiger charge is -2.29. The molecular weight excluding hydrogens is 299 g/mol. The first-order chi connectivity index (χ1) is 9.20. The van der Waals surface area contributed by atoms with Crippen molar-refractivity contribution >= 4 is 29.9 Å². The molecular formula is C14H20Cl2N2O2. The predicted molar refractivity (Wildman–Crippen MR) is 82.4 cm³/mol. The third-order valence-electron chi connectivity index (χ3n) is 3.16. The molecule has 1 amide bonds. The highest BCUT2D eigenvalue weighted by molar-refractivity contribution is 6.30. The molecule has 20 heavy (non-hydrogen) atoms. The molecule has 1 aliphatic heterocycles. The van der Waals surface area contributed by atoms with Crippen LogP contribution in [0.25, 0.3) is 0 Å². The van der Waals surface area contributed by atoms with Crippen molar-refractivity contribution in [1.29, 1.82) is 0 Å². The molecule has 0 radical (unpaired) electrons. The molecule has 4 nitrogen and oxygen atoms in total. The zero-order chi connectivity index (χ0) is 13.7. The Morgan fingerprint density at radius 2 is 2.35 bits per heavy atom. The molecule has 1 aromatic carbocycles. The largest absolute Gasteiger partial charge is 0.366 e. The van der Waals surface area contributed by atoms with E-state index in [1.54, 1.807) is 4.90 Å². The second kappa shape index (κ2) is 8.47. The normalized spacial score (nSPS) is 18.2. The van der Waals surface area contributed by atoms with Gasteiger partial charge in [0.05, 0.1) is 6.61 Å². The lowest BCUT2D eigenvalue weighted by atomic mass is 10.2. The number of carbonyl (C=O) groups is 1. The van der Waals surface area contributed by atoms with Crippen LogP contribution >= 0.6 is 24.0 Å². The van der Waals surface area contributed by atoms with E-state index in [1.807, 2.05) is 31.2 Å². The maximum absolute atomic E-state index is 12.3. The summed E-state index contributed by atoms with van der Waals surface area (Å²) >= 11 is 5.96. The van der Waals surface area contributed by atoms with Gasteiger partial charge in [-0.05, 0) is 24.6 Å². The molecule has 1 fully saturated rings. The standard InChI is InChI=1S/C14H19ClN2O2.ClH/c1-2-17(10-11-4-3-5-12(15)8-11)14(18)13-9-16-6-7-19-13;/h3-5,8,13,16H,2,6-7,9-10H2,1H3;1H. The van der Waals surface area contributed by atoms with E-state index in [2.05, 4.69) is 5.32 Å². The van der Waals surface area contributed by atoms with Crippen LogP contribution in [0.4, 0.5) is 0 Å². The minimum atomic E-state index is -0.368. The Balaban J connectivity index is 0.00000200. The molecule has 0 aliphatic carbocycles. The summed E-state index contributed by atoms with van der Waals surface area (Å²) in [6, 6.07) is 7.59. The number of halogens is 2. The fourth-order valence-electron chi connectivity index (χ4n) is 2.13. The van der Waals surface area contributed by atoms with Gasteiger partial charge < -0.3 is 15.0 Å². The van der Waals surface area contributed by atoms with Gasteiger partial charge in [0.15, 0.2) is 0 Å². The van der Waals surface area contributed by atoms with Gasteiger partial charge in [0, 0.05) is 31.2 Å². The molecule has 1 aromatic rings. The number of carbonyl (C=O) groups excluding carboxylic acids is 1. The van der Waals surface area contributed by atoms with E-state index in [1.165, 1.54) is 0 Å². The molecule has 6 heteroatoms. The van der Waals surface area contributed by atoms with E-state index in [-0.39, 0.29) is 24.4 Å². The Labute approximate surface area is 130 Å². The van der Waals surface area contributed by atoms with Crippen LogP contribution in [0.3, 0.4) is 0 Å². The number of hydrogen-bond acceptors (Lipinski definition) is 3. The molecule has 2 rings (SSSR count). The Hall–Kier alpha value is -0.810. The Morgan fingerprint density at radius 3 is 2.95 bits per heavy atom. The number of likely N-dealkylation sites (N-methyl/N-ethyl adjacent to an activating group) is 1. The van der Waals surface area contributed by atoms with Crippen molar-refractivity contribution in [3.63, 3.8) is 0 Å². The fraction of sp³-hybridized carbons (Fsp3) is 0.500. The lowest BCUT2D eigenvalue weighted by molar-refractivity contribution is -0.145. The zero-order valence-electron chi connectivity index (χ0n) is 11.5. The highest BCUT2D eigenvalue weighted by Gasteiger charge is 2.26. The van der Waals surface area contributed by atoms with Gasteiger partial charge in [-0.15, -0.1) is 12.4 Å². The first-order valence-corrected chi connectivity index (χ1v) is 6.94. The summed E-state index contributed by atoms with van der Waals surface area (Å²) in [7, 11) is 0. The maximum atomic E-state index is 12.3. The summed E-state index contributed by atoms with van der Waals surface area (Å²) in [4.78, 5) is 14.1. The van der Waals surface area contributed by atoms with Gasteiger partial charge in [-0.3, -0.25) is 4.79 Å². The molecule has 1 atom stereocenters. The Kier molecular flexibility index (Phi) is 7.30. The summed E-state index contributed by atoms with van der Waals surface area (Å²) < 4.78 is 5.50. The maximum Gasteiger partial charge on any atom is 0.253 e. The van der Waals surface area contributed by atoms with Crippen LogP contribution in [0.15, 0.2) is 24.3 Å². The average Bonchev–Trinajstić information content (AvgIpc) is 2.45. The molecule has 1 aliphatic rings. The highest BCUT2D eigenvalue weighted by atomic mass is 35.5. The Bertz CT molecular complexity index is 437. The first kappa shape index (κ1) is 17.2. The van der Waals surface area contributed by atoms with Crippen LogP contribution in [0.2, 0.25) is 5.02 Å². The van der Waals surface area contributed by atoms with Gasteiger partial charge in [-0.2, -0.15) is 0 Å². The van der Waals surface area contributed by atoms with E-state index in [0.717, 1.165) is 12.1 Å². The zero-order valence-corrected chi connectivity index (χ0v) is 13.0. The summed E-state index contributed by atoms with van der Waals surface area (Å²) in [5, 5.41) is 3.87. The van der Waals surface area contributed by atoms with Crippen LogP contribution in [0.1, 0.15) is 12.5 Å². The molecule has 0 bridgehead atoms. The Morgan fingerprint density at radius 1 is 1.55 bits per heavy atom. The van der Waals surface area contributed by atoms with Gasteiger partial charge in [0.25, 0.3) is 5.91 Å². The lowest BCUT2D eigenvalue weighted by Crippen LogP contribution is -2.49.